The quantitative estimate of drug-likeness (QED) is 0.145. The molecule has 3 heteroatoms. The first kappa shape index (κ1) is 33.1. The van der Waals surface area contributed by atoms with Gasteiger partial charge in [-0.2, -0.15) is 0 Å². The molecule has 51 heavy (non-hydrogen) atoms. The Hall–Kier alpha value is -6.45. The summed E-state index contributed by atoms with van der Waals surface area (Å²) >= 11 is 0. The molecular weight excluding hydrogens is 619 g/mol. The number of hydrogen-bond donors (Lipinski definition) is 0. The van der Waals surface area contributed by atoms with E-state index in [-0.39, 0.29) is 0 Å². The van der Waals surface area contributed by atoms with Crippen LogP contribution in [0.4, 0.5) is 0 Å². The molecule has 0 saturated heterocycles. The second kappa shape index (κ2) is 15.0. The van der Waals surface area contributed by atoms with Gasteiger partial charge in [-0.3, -0.25) is 0 Å². The third-order valence-corrected chi connectivity index (χ3v) is 9.02. The first-order valence-electron chi connectivity index (χ1n) is 17.2. The number of aromatic nitrogens is 2. The highest BCUT2D eigenvalue weighted by Gasteiger charge is 2.18. The fourth-order valence-corrected chi connectivity index (χ4v) is 6.43. The molecule has 7 rings (SSSR count). The molecule has 1 aromatic heterocycles. The predicted octanol–water partition coefficient (Wildman–Crippen LogP) is 12.4. The molecule has 1 heterocycles. The second-order valence-corrected chi connectivity index (χ2v) is 12.8. The van der Waals surface area contributed by atoms with Gasteiger partial charge in [-0.25, -0.2) is 15.0 Å². The Morgan fingerprint density at radius 3 is 1.78 bits per heavy atom. The minimum absolute atomic E-state index is 0.703. The Bertz CT molecular complexity index is 2380. The van der Waals surface area contributed by atoms with E-state index in [1.54, 1.807) is 0 Å². The Kier molecular flexibility index (Phi) is 9.71. The highest BCUT2D eigenvalue weighted by Crippen LogP contribution is 2.35. The molecule has 0 bridgehead atoms. The van der Waals surface area contributed by atoms with Crippen molar-refractivity contribution in [2.24, 2.45) is 4.99 Å². The number of hydrogen-bond acceptors (Lipinski definition) is 3. The van der Waals surface area contributed by atoms with Gasteiger partial charge in [0.15, 0.2) is 5.82 Å². The Morgan fingerprint density at radius 1 is 0.549 bits per heavy atom. The molecule has 0 amide bonds. The van der Waals surface area contributed by atoms with Gasteiger partial charge in [0, 0.05) is 34.0 Å². The molecule has 0 saturated carbocycles. The van der Waals surface area contributed by atoms with Crippen LogP contribution in [0.5, 0.6) is 0 Å². The summed E-state index contributed by atoms with van der Waals surface area (Å²) in [6.07, 6.45) is 1.95. The second-order valence-electron chi connectivity index (χ2n) is 12.8. The first-order chi connectivity index (χ1) is 25.0. The largest absolute Gasteiger partial charge is 0.248 e. The highest BCUT2D eigenvalue weighted by atomic mass is 14.9. The van der Waals surface area contributed by atoms with Gasteiger partial charge in [0.25, 0.3) is 0 Å². The molecular formula is C48H39N3. The van der Waals surface area contributed by atoms with Crippen LogP contribution in [0.1, 0.15) is 36.1 Å². The van der Waals surface area contributed by atoms with E-state index in [9.17, 15) is 0 Å². The number of aliphatic imine (C=N–C) groups is 1. The SMILES string of the molecule is C=C(N=C(C(=C(C)C)c1ccccc1C)c1cccc(-c2cccc(-c3cnc(-c4ccccc4)nc3-c3ccccc3)c2)c1)c1ccccc1. The minimum atomic E-state index is 0.703. The summed E-state index contributed by atoms with van der Waals surface area (Å²) in [5.74, 6) is 0.703. The van der Waals surface area contributed by atoms with Crippen molar-refractivity contribution in [3.63, 3.8) is 0 Å². The zero-order valence-electron chi connectivity index (χ0n) is 29.2. The molecule has 0 atom stereocenters. The predicted molar refractivity (Wildman–Crippen MR) is 215 cm³/mol. The molecule has 0 radical (unpaired) electrons. The van der Waals surface area contributed by atoms with Gasteiger partial charge in [0.2, 0.25) is 0 Å². The van der Waals surface area contributed by atoms with E-state index in [1.165, 1.54) is 11.1 Å². The summed E-state index contributed by atoms with van der Waals surface area (Å²) in [6.45, 7) is 10.9. The van der Waals surface area contributed by atoms with Crippen LogP contribution in [-0.4, -0.2) is 15.7 Å². The molecule has 0 aliphatic carbocycles. The normalized spacial score (nSPS) is 11.2. The van der Waals surface area contributed by atoms with Crippen LogP contribution in [0, 0.1) is 6.92 Å². The third-order valence-electron chi connectivity index (χ3n) is 9.02. The molecule has 0 N–H and O–H groups in total. The van der Waals surface area contributed by atoms with Crippen molar-refractivity contribution in [3.8, 4) is 44.9 Å². The maximum atomic E-state index is 5.28. The molecule has 7 aromatic rings. The molecule has 0 unspecified atom stereocenters. The Balaban J connectivity index is 1.34. The molecule has 0 aliphatic rings. The van der Waals surface area contributed by atoms with E-state index in [0.717, 1.165) is 72.7 Å². The Morgan fingerprint density at radius 2 is 1.10 bits per heavy atom. The fourth-order valence-electron chi connectivity index (χ4n) is 6.43. The van der Waals surface area contributed by atoms with Crippen LogP contribution >= 0.6 is 0 Å². The Labute approximate surface area is 301 Å². The molecule has 6 aromatic carbocycles. The van der Waals surface area contributed by atoms with Crippen LogP contribution in [-0.2, 0) is 0 Å². The summed E-state index contributed by atoms with van der Waals surface area (Å²) in [7, 11) is 0. The van der Waals surface area contributed by atoms with Crippen LogP contribution in [0.2, 0.25) is 0 Å². The fraction of sp³-hybridized carbons (Fsp3) is 0.0625. The number of allylic oxidation sites excluding steroid dienone is 2. The van der Waals surface area contributed by atoms with Crippen molar-refractivity contribution in [1.82, 2.24) is 9.97 Å². The van der Waals surface area contributed by atoms with E-state index in [0.29, 0.717) is 5.82 Å². The average Bonchev–Trinajstić information content (AvgIpc) is 3.19. The molecule has 0 spiro atoms. The zero-order valence-corrected chi connectivity index (χ0v) is 29.2. The summed E-state index contributed by atoms with van der Waals surface area (Å²) in [5.41, 5.74) is 15.4. The van der Waals surface area contributed by atoms with E-state index >= 15 is 0 Å². The van der Waals surface area contributed by atoms with E-state index in [4.69, 9.17) is 15.0 Å². The van der Waals surface area contributed by atoms with Crippen molar-refractivity contribution in [2.45, 2.75) is 20.8 Å². The van der Waals surface area contributed by atoms with Gasteiger partial charge < -0.3 is 0 Å². The lowest BCUT2D eigenvalue weighted by atomic mass is 9.88. The summed E-state index contributed by atoms with van der Waals surface area (Å²) in [5, 5.41) is 0. The van der Waals surface area contributed by atoms with Crippen molar-refractivity contribution in [3.05, 3.63) is 204 Å². The molecule has 0 aliphatic heterocycles. The number of benzene rings is 6. The summed E-state index contributed by atoms with van der Waals surface area (Å²) in [6, 6.07) is 56.5. The topological polar surface area (TPSA) is 38.1 Å². The zero-order chi connectivity index (χ0) is 35.2. The smallest absolute Gasteiger partial charge is 0.159 e. The van der Waals surface area contributed by atoms with Crippen LogP contribution in [0.3, 0.4) is 0 Å². The monoisotopic (exact) mass is 657 g/mol. The van der Waals surface area contributed by atoms with Crippen molar-refractivity contribution in [2.75, 3.05) is 0 Å². The molecule has 0 fully saturated rings. The molecule has 3 nitrogen and oxygen atoms in total. The highest BCUT2D eigenvalue weighted by molar-refractivity contribution is 6.33. The first-order valence-corrected chi connectivity index (χ1v) is 17.2. The lowest BCUT2D eigenvalue weighted by Gasteiger charge is -2.18. The average molecular weight is 658 g/mol. The maximum absolute atomic E-state index is 5.28. The lowest BCUT2D eigenvalue weighted by molar-refractivity contribution is 1.18. The minimum Gasteiger partial charge on any atom is -0.248 e. The van der Waals surface area contributed by atoms with Gasteiger partial charge in [-0.05, 0) is 66.3 Å². The lowest BCUT2D eigenvalue weighted by Crippen LogP contribution is -2.08. The van der Waals surface area contributed by atoms with Crippen LogP contribution < -0.4 is 0 Å². The van der Waals surface area contributed by atoms with E-state index in [2.05, 4.69) is 137 Å². The van der Waals surface area contributed by atoms with Gasteiger partial charge in [-0.1, -0.05) is 164 Å². The molecule has 246 valence electrons. The van der Waals surface area contributed by atoms with E-state index < -0.39 is 0 Å². The number of nitrogens with zero attached hydrogens (tertiary/aromatic N) is 3. The van der Waals surface area contributed by atoms with Gasteiger partial charge >= 0.3 is 0 Å². The van der Waals surface area contributed by atoms with Crippen molar-refractivity contribution < 1.29 is 0 Å². The standard InChI is InChI=1S/C48H39N3/c1-33(2)45(43-29-15-14-18-34(43)3)47(50-35(4)36-19-8-5-9-20-36)42-28-17-26-40(31-42)39-25-16-27-41(30-39)44-32-49-48(38-23-12-7-13-24-38)51-46(44)37-21-10-6-11-22-37/h5-32H,4H2,1-3H3. The number of aryl methyl sites for hydroxylation is 1. The summed E-state index contributed by atoms with van der Waals surface area (Å²) < 4.78 is 0. The number of rotatable bonds is 9. The van der Waals surface area contributed by atoms with E-state index in [1.807, 2.05) is 60.8 Å². The van der Waals surface area contributed by atoms with Crippen LogP contribution in [0.15, 0.2) is 187 Å². The summed E-state index contributed by atoms with van der Waals surface area (Å²) in [4.78, 5) is 15.2. The van der Waals surface area contributed by atoms with Crippen molar-refractivity contribution in [1.29, 1.82) is 0 Å². The maximum Gasteiger partial charge on any atom is 0.159 e. The van der Waals surface area contributed by atoms with Crippen LogP contribution in [0.25, 0.3) is 56.2 Å². The van der Waals surface area contributed by atoms with Gasteiger partial charge in [0.1, 0.15) is 0 Å². The van der Waals surface area contributed by atoms with Crippen molar-refractivity contribution >= 4 is 17.0 Å². The van der Waals surface area contributed by atoms with Gasteiger partial charge in [0.05, 0.1) is 17.1 Å². The van der Waals surface area contributed by atoms with Gasteiger partial charge in [-0.15, -0.1) is 0 Å². The third kappa shape index (κ3) is 7.29.